The van der Waals surface area contributed by atoms with E-state index in [-0.39, 0.29) is 11.8 Å². The van der Waals surface area contributed by atoms with Crippen molar-refractivity contribution in [2.45, 2.75) is 12.8 Å². The van der Waals surface area contributed by atoms with Gasteiger partial charge in [0, 0.05) is 18.8 Å². The summed E-state index contributed by atoms with van der Waals surface area (Å²) in [6.45, 7) is 0.362. The number of methoxy groups -OCH3 is 2. The Kier molecular flexibility index (Phi) is 5.71. The fourth-order valence-corrected chi connectivity index (χ4v) is 2.86. The van der Waals surface area contributed by atoms with Crippen molar-refractivity contribution in [3.63, 3.8) is 0 Å². The number of unbranched alkanes of at least 4 members (excludes halogenated alkanes) is 1. The number of hydrogen-bond donors (Lipinski definition) is 1. The molecule has 3 rings (SSSR count). The summed E-state index contributed by atoms with van der Waals surface area (Å²) in [7, 11) is 3.17. The van der Waals surface area contributed by atoms with E-state index < -0.39 is 0 Å². The number of nitrogens with one attached hydrogen (secondary N) is 1. The lowest BCUT2D eigenvalue weighted by Gasteiger charge is -2.12. The lowest BCUT2D eigenvalue weighted by atomic mass is 10.1. The number of amides is 2. The molecule has 1 aliphatic heterocycles. The van der Waals surface area contributed by atoms with Crippen molar-refractivity contribution >= 4 is 23.7 Å². The second kappa shape index (κ2) is 8.35. The second-order valence-electron chi connectivity index (χ2n) is 5.94. The van der Waals surface area contributed by atoms with Crippen LogP contribution in [-0.2, 0) is 0 Å². The summed E-state index contributed by atoms with van der Waals surface area (Å²) in [5.74, 6) is 0.886. The van der Waals surface area contributed by atoms with E-state index in [0.29, 0.717) is 47.7 Å². The maximum atomic E-state index is 12.3. The van der Waals surface area contributed by atoms with E-state index in [1.807, 2.05) is 0 Å². The van der Waals surface area contributed by atoms with Gasteiger partial charge in [-0.3, -0.25) is 19.9 Å². The molecule has 0 bridgehead atoms. The zero-order valence-corrected chi connectivity index (χ0v) is 15.3. The number of carbonyl (C=O) groups is 2. The molecule has 0 aliphatic carbocycles. The number of nitrogens with zero attached hydrogens (tertiary/aromatic N) is 2. The quantitative estimate of drug-likeness (QED) is 0.335. The highest BCUT2D eigenvalue weighted by molar-refractivity contribution is 6.21. The molecule has 0 saturated carbocycles. The van der Waals surface area contributed by atoms with Crippen LogP contribution < -0.4 is 14.9 Å². The summed E-state index contributed by atoms with van der Waals surface area (Å²) >= 11 is 0. The van der Waals surface area contributed by atoms with E-state index in [1.54, 1.807) is 62.9 Å². The first-order valence-corrected chi connectivity index (χ1v) is 8.60. The molecule has 0 atom stereocenters. The van der Waals surface area contributed by atoms with Gasteiger partial charge in [0.25, 0.3) is 11.8 Å². The van der Waals surface area contributed by atoms with Crippen LogP contribution >= 0.6 is 0 Å². The molecule has 0 unspecified atom stereocenters. The Labute approximate surface area is 157 Å². The zero-order valence-electron chi connectivity index (χ0n) is 15.3. The molecule has 2 aromatic rings. The topological polar surface area (TPSA) is 80.2 Å². The van der Waals surface area contributed by atoms with E-state index in [0.717, 1.165) is 0 Å². The molecule has 0 aromatic heterocycles. The molecule has 0 saturated heterocycles. The molecule has 0 radical (unpaired) electrons. The van der Waals surface area contributed by atoms with E-state index in [1.165, 1.54) is 4.90 Å². The van der Waals surface area contributed by atoms with Gasteiger partial charge in [0.15, 0.2) is 0 Å². The molecule has 7 heteroatoms. The van der Waals surface area contributed by atoms with Crippen molar-refractivity contribution in [2.75, 3.05) is 26.2 Å². The number of imide groups is 1. The van der Waals surface area contributed by atoms with Gasteiger partial charge in [-0.15, -0.1) is 0 Å². The summed E-state index contributed by atoms with van der Waals surface area (Å²) in [5.41, 5.74) is 4.55. The Morgan fingerprint density at radius 1 is 1.04 bits per heavy atom. The molecule has 2 aromatic carbocycles. The standard InChI is InChI=1S/C20H21N3O4/c1-26-14-9-10-18(27-2)17(13-14)22-21-11-5-6-12-23-19(24)15-7-3-4-8-16(15)20(23)25/h3-4,7-11,13,22H,5-6,12H2,1-2H3. The van der Waals surface area contributed by atoms with Crippen LogP contribution in [0.15, 0.2) is 47.6 Å². The first kappa shape index (κ1) is 18.4. The normalized spacial score (nSPS) is 13.2. The predicted molar refractivity (Wildman–Crippen MR) is 103 cm³/mol. The molecule has 0 spiro atoms. The number of hydrazone groups is 1. The first-order valence-electron chi connectivity index (χ1n) is 8.60. The number of benzene rings is 2. The highest BCUT2D eigenvalue weighted by atomic mass is 16.5. The smallest absolute Gasteiger partial charge is 0.261 e. The summed E-state index contributed by atoms with van der Waals surface area (Å²) in [5, 5.41) is 4.17. The van der Waals surface area contributed by atoms with Gasteiger partial charge in [0.2, 0.25) is 0 Å². The molecular weight excluding hydrogens is 346 g/mol. The fraction of sp³-hybridized carbons (Fsp3) is 0.250. The number of hydrogen-bond acceptors (Lipinski definition) is 6. The number of rotatable bonds is 8. The van der Waals surface area contributed by atoms with Crippen molar-refractivity contribution in [1.82, 2.24) is 4.90 Å². The Morgan fingerprint density at radius 3 is 2.37 bits per heavy atom. The Bertz CT molecular complexity index is 844. The monoisotopic (exact) mass is 367 g/mol. The molecule has 1 aliphatic rings. The van der Waals surface area contributed by atoms with Crippen LogP contribution in [0.1, 0.15) is 33.6 Å². The van der Waals surface area contributed by atoms with E-state index in [9.17, 15) is 9.59 Å². The van der Waals surface area contributed by atoms with E-state index in [2.05, 4.69) is 10.5 Å². The Morgan fingerprint density at radius 2 is 1.74 bits per heavy atom. The zero-order chi connectivity index (χ0) is 19.2. The molecular formula is C20H21N3O4. The van der Waals surface area contributed by atoms with Crippen molar-refractivity contribution in [2.24, 2.45) is 5.10 Å². The van der Waals surface area contributed by atoms with Crippen LogP contribution in [0.25, 0.3) is 0 Å². The van der Waals surface area contributed by atoms with E-state index in [4.69, 9.17) is 9.47 Å². The molecule has 0 fully saturated rings. The Balaban J connectivity index is 1.50. The molecule has 140 valence electrons. The van der Waals surface area contributed by atoms with Crippen molar-refractivity contribution in [3.8, 4) is 11.5 Å². The van der Waals surface area contributed by atoms with Crippen LogP contribution in [0.5, 0.6) is 11.5 Å². The summed E-state index contributed by atoms with van der Waals surface area (Å²) in [4.78, 5) is 25.8. The first-order chi connectivity index (χ1) is 13.2. The van der Waals surface area contributed by atoms with Crippen molar-refractivity contribution in [3.05, 3.63) is 53.6 Å². The maximum absolute atomic E-state index is 12.3. The minimum atomic E-state index is -0.230. The largest absolute Gasteiger partial charge is 0.497 e. The van der Waals surface area contributed by atoms with Crippen molar-refractivity contribution < 1.29 is 19.1 Å². The summed E-state index contributed by atoms with van der Waals surface area (Å²) in [6.07, 6.45) is 2.95. The van der Waals surface area contributed by atoms with Gasteiger partial charge < -0.3 is 9.47 Å². The molecule has 2 amide bonds. The number of ether oxygens (including phenoxy) is 2. The third-order valence-electron chi connectivity index (χ3n) is 4.28. The van der Waals surface area contributed by atoms with Crippen LogP contribution in [0.2, 0.25) is 0 Å². The van der Waals surface area contributed by atoms with Gasteiger partial charge in [-0.25, -0.2) is 0 Å². The summed E-state index contributed by atoms with van der Waals surface area (Å²) < 4.78 is 10.5. The predicted octanol–water partition coefficient (Wildman–Crippen LogP) is 3.18. The van der Waals surface area contributed by atoms with Crippen molar-refractivity contribution in [1.29, 1.82) is 0 Å². The van der Waals surface area contributed by atoms with Crippen LogP contribution in [0.3, 0.4) is 0 Å². The minimum absolute atomic E-state index is 0.230. The van der Waals surface area contributed by atoms with Gasteiger partial charge in [0.05, 0.1) is 25.3 Å². The molecule has 7 nitrogen and oxygen atoms in total. The number of fused-ring (bicyclic) bond motifs is 1. The minimum Gasteiger partial charge on any atom is -0.497 e. The summed E-state index contributed by atoms with van der Waals surface area (Å²) in [6, 6.07) is 12.3. The third kappa shape index (κ3) is 3.92. The van der Waals surface area contributed by atoms with Crippen LogP contribution in [-0.4, -0.2) is 43.7 Å². The van der Waals surface area contributed by atoms with Gasteiger partial charge >= 0.3 is 0 Å². The maximum Gasteiger partial charge on any atom is 0.261 e. The average molecular weight is 367 g/mol. The number of anilines is 1. The van der Waals surface area contributed by atoms with Crippen LogP contribution in [0.4, 0.5) is 5.69 Å². The lowest BCUT2D eigenvalue weighted by molar-refractivity contribution is 0.0653. The third-order valence-corrected chi connectivity index (χ3v) is 4.28. The van der Waals surface area contributed by atoms with Gasteiger partial charge in [-0.05, 0) is 37.1 Å². The highest BCUT2D eigenvalue weighted by Gasteiger charge is 2.34. The Hall–Kier alpha value is -3.35. The van der Waals surface area contributed by atoms with E-state index >= 15 is 0 Å². The molecule has 1 N–H and O–H groups in total. The van der Waals surface area contributed by atoms with Gasteiger partial charge in [-0.1, -0.05) is 12.1 Å². The molecule has 1 heterocycles. The average Bonchev–Trinajstić information content (AvgIpc) is 2.95. The second-order valence-corrected chi connectivity index (χ2v) is 5.94. The van der Waals surface area contributed by atoms with Gasteiger partial charge in [0.1, 0.15) is 17.2 Å². The lowest BCUT2D eigenvalue weighted by Crippen LogP contribution is -2.30. The molecule has 27 heavy (non-hydrogen) atoms. The van der Waals surface area contributed by atoms with Crippen LogP contribution in [0, 0.1) is 0 Å². The van der Waals surface area contributed by atoms with Gasteiger partial charge in [-0.2, -0.15) is 5.10 Å². The number of carbonyl (C=O) groups excluding carboxylic acids is 2. The highest BCUT2D eigenvalue weighted by Crippen LogP contribution is 2.28. The SMILES string of the molecule is COc1ccc(OC)c(NN=CCCCN2C(=O)c3ccccc3C2=O)c1. The fourth-order valence-electron chi connectivity index (χ4n) is 2.86.